The molecule has 6 atom stereocenters. The zero-order valence-electron chi connectivity index (χ0n) is 16.4. The Bertz CT molecular complexity index is 326. The highest BCUT2D eigenvalue weighted by Crippen LogP contribution is 2.59. The van der Waals surface area contributed by atoms with Gasteiger partial charge in [-0.05, 0) is 36.5 Å². The van der Waals surface area contributed by atoms with Crippen LogP contribution in [0.3, 0.4) is 0 Å². The van der Waals surface area contributed by atoms with Gasteiger partial charge in [0.05, 0.1) is 0 Å². The molecule has 0 aromatic carbocycles. The van der Waals surface area contributed by atoms with E-state index in [1.807, 2.05) is 14.2 Å². The van der Waals surface area contributed by atoms with Gasteiger partial charge in [0.15, 0.2) is 0 Å². The average molecular weight is 341 g/mol. The van der Waals surface area contributed by atoms with Gasteiger partial charge >= 0.3 is 8.56 Å². The van der Waals surface area contributed by atoms with Crippen LogP contribution in [0, 0.1) is 23.7 Å². The van der Waals surface area contributed by atoms with Gasteiger partial charge in [0, 0.05) is 25.3 Å². The monoisotopic (exact) mass is 340 g/mol. The summed E-state index contributed by atoms with van der Waals surface area (Å²) in [6.45, 7) is 9.51. The van der Waals surface area contributed by atoms with E-state index >= 15 is 0 Å². The molecule has 0 spiro atoms. The molecule has 2 fully saturated rings. The summed E-state index contributed by atoms with van der Waals surface area (Å²) in [6, 6.07) is 0. The molecule has 3 heteroatoms. The Balaban J connectivity index is 2.32. The smallest absolute Gasteiger partial charge is 0.344 e. The molecular weight excluding hydrogens is 300 g/mol. The fraction of sp³-hybridized carbons (Fsp3) is 1.00. The fourth-order valence-electron chi connectivity index (χ4n) is 6.51. The van der Waals surface area contributed by atoms with Crippen molar-refractivity contribution in [1.29, 1.82) is 0 Å². The summed E-state index contributed by atoms with van der Waals surface area (Å²) in [6.07, 6.45) is 10.7. The van der Waals surface area contributed by atoms with Gasteiger partial charge in [-0.1, -0.05) is 66.2 Å². The van der Waals surface area contributed by atoms with Crippen molar-refractivity contribution >= 4 is 8.56 Å². The molecule has 136 valence electrons. The summed E-state index contributed by atoms with van der Waals surface area (Å²) in [5, 5.41) is 0. The van der Waals surface area contributed by atoms with E-state index in [2.05, 4.69) is 27.7 Å². The van der Waals surface area contributed by atoms with Crippen molar-refractivity contribution in [2.75, 3.05) is 14.2 Å². The second kappa shape index (κ2) is 8.49. The van der Waals surface area contributed by atoms with E-state index in [4.69, 9.17) is 8.85 Å². The Morgan fingerprint density at radius 1 is 0.652 bits per heavy atom. The molecule has 2 saturated carbocycles. The molecule has 0 heterocycles. The predicted octanol–water partition coefficient (Wildman–Crippen LogP) is 6.15. The molecule has 2 rings (SSSR count). The predicted molar refractivity (Wildman–Crippen MR) is 101 cm³/mol. The Hall–Kier alpha value is 0.137. The summed E-state index contributed by atoms with van der Waals surface area (Å²) in [5.41, 5.74) is 1.42. The first kappa shape index (κ1) is 19.5. The average Bonchev–Trinajstić information content (AvgIpc) is 3.20. The first-order valence-corrected chi connectivity index (χ1v) is 12.2. The maximum atomic E-state index is 6.42. The van der Waals surface area contributed by atoms with Crippen LogP contribution >= 0.6 is 0 Å². The lowest BCUT2D eigenvalue weighted by Crippen LogP contribution is -2.52. The topological polar surface area (TPSA) is 18.5 Å². The SMILES string of the molecule is CCC1CCC([Si](OC)(OC)C2CCC(CC)C2CC)C1CC. The van der Waals surface area contributed by atoms with Gasteiger partial charge < -0.3 is 8.85 Å². The van der Waals surface area contributed by atoms with Gasteiger partial charge in [0.2, 0.25) is 0 Å². The van der Waals surface area contributed by atoms with Crippen LogP contribution in [0.2, 0.25) is 11.1 Å². The van der Waals surface area contributed by atoms with Crippen molar-refractivity contribution in [3.8, 4) is 0 Å². The summed E-state index contributed by atoms with van der Waals surface area (Å²) < 4.78 is 12.8. The molecule has 2 aliphatic rings. The molecular formula is C20H40O2Si. The van der Waals surface area contributed by atoms with Gasteiger partial charge in [-0.15, -0.1) is 0 Å². The van der Waals surface area contributed by atoms with E-state index in [1.54, 1.807) is 0 Å². The highest BCUT2D eigenvalue weighted by Gasteiger charge is 2.60. The van der Waals surface area contributed by atoms with E-state index in [0.717, 1.165) is 23.7 Å². The van der Waals surface area contributed by atoms with Crippen LogP contribution in [0.1, 0.15) is 79.1 Å². The summed E-state index contributed by atoms with van der Waals surface area (Å²) >= 11 is 0. The number of hydrogen-bond donors (Lipinski definition) is 0. The van der Waals surface area contributed by atoms with Crippen LogP contribution in [0.5, 0.6) is 0 Å². The van der Waals surface area contributed by atoms with Crippen molar-refractivity contribution in [2.45, 2.75) is 90.1 Å². The Labute approximate surface area is 146 Å². The molecule has 0 amide bonds. The van der Waals surface area contributed by atoms with Crippen LogP contribution < -0.4 is 0 Å². The molecule has 23 heavy (non-hydrogen) atoms. The minimum Gasteiger partial charge on any atom is -0.397 e. The summed E-state index contributed by atoms with van der Waals surface area (Å²) in [4.78, 5) is 0. The molecule has 2 aliphatic carbocycles. The minimum atomic E-state index is -2.16. The van der Waals surface area contributed by atoms with Crippen molar-refractivity contribution in [2.24, 2.45) is 23.7 Å². The van der Waals surface area contributed by atoms with Crippen molar-refractivity contribution in [3.05, 3.63) is 0 Å². The normalized spacial score (nSPS) is 38.3. The molecule has 0 aromatic rings. The lowest BCUT2D eigenvalue weighted by molar-refractivity contribution is 0.184. The van der Waals surface area contributed by atoms with Crippen LogP contribution in [0.4, 0.5) is 0 Å². The van der Waals surface area contributed by atoms with Gasteiger partial charge in [0.25, 0.3) is 0 Å². The first-order chi connectivity index (χ1) is 11.1. The maximum absolute atomic E-state index is 6.42. The molecule has 2 nitrogen and oxygen atoms in total. The molecule has 0 bridgehead atoms. The van der Waals surface area contributed by atoms with Gasteiger partial charge in [0.1, 0.15) is 0 Å². The standard InChI is InChI=1S/C20H40O2Si/c1-7-15-11-13-19(17(15)9-3)23(21-5,22-6)20-14-12-16(8-2)18(20)10-4/h15-20H,7-14H2,1-6H3. The Morgan fingerprint density at radius 2 is 1.04 bits per heavy atom. The quantitative estimate of drug-likeness (QED) is 0.493. The molecule has 0 N–H and O–H groups in total. The van der Waals surface area contributed by atoms with Crippen LogP contribution in [-0.4, -0.2) is 22.8 Å². The number of hydrogen-bond acceptors (Lipinski definition) is 2. The fourth-order valence-corrected chi connectivity index (χ4v) is 11.8. The van der Waals surface area contributed by atoms with Crippen molar-refractivity contribution in [1.82, 2.24) is 0 Å². The van der Waals surface area contributed by atoms with Gasteiger partial charge in [-0.25, -0.2) is 0 Å². The van der Waals surface area contributed by atoms with Crippen LogP contribution in [0.25, 0.3) is 0 Å². The molecule has 0 aliphatic heterocycles. The zero-order chi connectivity index (χ0) is 17.0. The summed E-state index contributed by atoms with van der Waals surface area (Å²) in [5.74, 6) is 3.44. The lowest BCUT2D eigenvalue weighted by Gasteiger charge is -2.43. The van der Waals surface area contributed by atoms with E-state index in [1.165, 1.54) is 51.4 Å². The highest BCUT2D eigenvalue weighted by molar-refractivity contribution is 6.70. The van der Waals surface area contributed by atoms with E-state index in [0.29, 0.717) is 11.1 Å². The second-order valence-corrected chi connectivity index (χ2v) is 11.7. The van der Waals surface area contributed by atoms with E-state index in [-0.39, 0.29) is 0 Å². The van der Waals surface area contributed by atoms with Gasteiger partial charge in [-0.2, -0.15) is 0 Å². The van der Waals surface area contributed by atoms with Crippen LogP contribution in [0.15, 0.2) is 0 Å². The maximum Gasteiger partial charge on any atom is 0.344 e. The highest BCUT2D eigenvalue weighted by atomic mass is 28.4. The number of rotatable bonds is 8. The Morgan fingerprint density at radius 3 is 1.30 bits per heavy atom. The zero-order valence-corrected chi connectivity index (χ0v) is 17.4. The Kier molecular flexibility index (Phi) is 7.18. The van der Waals surface area contributed by atoms with E-state index in [9.17, 15) is 0 Å². The van der Waals surface area contributed by atoms with Crippen LogP contribution in [-0.2, 0) is 8.85 Å². The molecule has 0 aromatic heterocycles. The van der Waals surface area contributed by atoms with Crippen molar-refractivity contribution < 1.29 is 8.85 Å². The molecule has 6 unspecified atom stereocenters. The lowest BCUT2D eigenvalue weighted by atomic mass is 9.91. The third-order valence-corrected chi connectivity index (χ3v) is 12.4. The second-order valence-electron chi connectivity index (χ2n) is 7.98. The first-order valence-electron chi connectivity index (χ1n) is 10.2. The van der Waals surface area contributed by atoms with E-state index < -0.39 is 8.56 Å². The third kappa shape index (κ3) is 3.30. The largest absolute Gasteiger partial charge is 0.397 e. The minimum absolute atomic E-state index is 0.710. The molecule has 0 saturated heterocycles. The molecule has 0 radical (unpaired) electrons. The van der Waals surface area contributed by atoms with Crippen molar-refractivity contribution in [3.63, 3.8) is 0 Å². The third-order valence-electron chi connectivity index (χ3n) is 7.60. The van der Waals surface area contributed by atoms with Gasteiger partial charge in [-0.3, -0.25) is 0 Å². The summed E-state index contributed by atoms with van der Waals surface area (Å²) in [7, 11) is 1.77.